The summed E-state index contributed by atoms with van der Waals surface area (Å²) in [5.41, 5.74) is 4.44. The SMILES string of the molecule is O=C(Cc1c(F)cccc1Cl)N1CCc2cc(-c3ccncc3)ccc21. The van der Waals surface area contributed by atoms with Crippen molar-refractivity contribution < 1.29 is 9.18 Å². The molecule has 0 N–H and O–H groups in total. The highest BCUT2D eigenvalue weighted by Crippen LogP contribution is 2.33. The highest BCUT2D eigenvalue weighted by atomic mass is 35.5. The second-order valence-corrected chi connectivity index (χ2v) is 6.66. The summed E-state index contributed by atoms with van der Waals surface area (Å²) in [5.74, 6) is -0.592. The molecule has 0 aliphatic carbocycles. The molecule has 130 valence electrons. The van der Waals surface area contributed by atoms with E-state index in [4.69, 9.17) is 11.6 Å². The Hall–Kier alpha value is -2.72. The largest absolute Gasteiger partial charge is 0.312 e. The molecule has 0 spiro atoms. The van der Waals surface area contributed by atoms with Crippen LogP contribution in [0.25, 0.3) is 11.1 Å². The van der Waals surface area contributed by atoms with Crippen molar-refractivity contribution in [1.82, 2.24) is 4.98 Å². The average molecular weight is 367 g/mol. The molecule has 0 fully saturated rings. The Labute approximate surface area is 156 Å². The first-order valence-electron chi connectivity index (χ1n) is 8.40. The van der Waals surface area contributed by atoms with Crippen LogP contribution in [0.3, 0.4) is 0 Å². The zero-order valence-corrected chi connectivity index (χ0v) is 14.7. The van der Waals surface area contributed by atoms with E-state index in [0.717, 1.165) is 28.8 Å². The van der Waals surface area contributed by atoms with Crippen LogP contribution < -0.4 is 4.90 Å². The van der Waals surface area contributed by atoms with Gasteiger partial charge in [0.1, 0.15) is 5.82 Å². The topological polar surface area (TPSA) is 33.2 Å². The Balaban J connectivity index is 1.59. The molecule has 0 unspecified atom stereocenters. The number of rotatable bonds is 3. The van der Waals surface area contributed by atoms with Gasteiger partial charge in [-0.05, 0) is 59.5 Å². The molecule has 0 bridgehead atoms. The zero-order chi connectivity index (χ0) is 18.1. The Morgan fingerprint density at radius 1 is 1.12 bits per heavy atom. The van der Waals surface area contributed by atoms with E-state index in [2.05, 4.69) is 11.1 Å². The third-order valence-corrected chi connectivity index (χ3v) is 5.03. The van der Waals surface area contributed by atoms with Crippen LogP contribution in [0.5, 0.6) is 0 Å². The molecular weight excluding hydrogens is 351 g/mol. The van der Waals surface area contributed by atoms with Gasteiger partial charge in [0.2, 0.25) is 5.91 Å². The van der Waals surface area contributed by atoms with Gasteiger partial charge < -0.3 is 4.90 Å². The van der Waals surface area contributed by atoms with E-state index in [0.29, 0.717) is 6.54 Å². The van der Waals surface area contributed by atoms with Gasteiger partial charge in [-0.15, -0.1) is 0 Å². The van der Waals surface area contributed by atoms with Crippen molar-refractivity contribution in [1.29, 1.82) is 0 Å². The van der Waals surface area contributed by atoms with E-state index < -0.39 is 5.82 Å². The molecule has 0 saturated carbocycles. The number of carbonyl (C=O) groups is 1. The second kappa shape index (κ2) is 6.89. The Morgan fingerprint density at radius 3 is 2.69 bits per heavy atom. The maximum atomic E-state index is 14.0. The number of carbonyl (C=O) groups excluding carboxylic acids is 1. The van der Waals surface area contributed by atoms with Gasteiger partial charge in [-0.1, -0.05) is 23.7 Å². The van der Waals surface area contributed by atoms with E-state index >= 15 is 0 Å². The van der Waals surface area contributed by atoms with Crippen molar-refractivity contribution in [3.63, 3.8) is 0 Å². The summed E-state index contributed by atoms with van der Waals surface area (Å²) in [6.45, 7) is 0.597. The molecule has 0 atom stereocenters. The normalized spacial score (nSPS) is 12.9. The van der Waals surface area contributed by atoms with E-state index in [1.807, 2.05) is 24.3 Å². The lowest BCUT2D eigenvalue weighted by Gasteiger charge is -2.18. The Bertz CT molecular complexity index is 955. The van der Waals surface area contributed by atoms with Crippen LogP contribution in [-0.4, -0.2) is 17.4 Å². The smallest absolute Gasteiger partial charge is 0.231 e. The molecular formula is C21H16ClFN2O. The molecule has 0 saturated heterocycles. The summed E-state index contributed by atoms with van der Waals surface area (Å²) in [7, 11) is 0. The monoisotopic (exact) mass is 366 g/mol. The summed E-state index contributed by atoms with van der Waals surface area (Å²) >= 11 is 6.05. The first-order valence-corrected chi connectivity index (χ1v) is 8.78. The second-order valence-electron chi connectivity index (χ2n) is 6.25. The third kappa shape index (κ3) is 3.08. The Morgan fingerprint density at radius 2 is 1.92 bits per heavy atom. The molecule has 26 heavy (non-hydrogen) atoms. The molecule has 2 aromatic carbocycles. The highest BCUT2D eigenvalue weighted by molar-refractivity contribution is 6.31. The molecule has 0 radical (unpaired) electrons. The maximum absolute atomic E-state index is 14.0. The molecule has 3 nitrogen and oxygen atoms in total. The van der Waals surface area contributed by atoms with Gasteiger partial charge in [0, 0.05) is 35.2 Å². The number of aromatic nitrogens is 1. The fraction of sp³-hybridized carbons (Fsp3) is 0.143. The summed E-state index contributed by atoms with van der Waals surface area (Å²) in [4.78, 5) is 18.5. The first-order chi connectivity index (χ1) is 12.6. The number of hydrogen-bond acceptors (Lipinski definition) is 2. The lowest BCUT2D eigenvalue weighted by molar-refractivity contribution is -0.117. The fourth-order valence-corrected chi connectivity index (χ4v) is 3.56. The van der Waals surface area contributed by atoms with E-state index in [-0.39, 0.29) is 22.9 Å². The standard InChI is InChI=1S/C21H16ClFN2O/c22-18-2-1-3-19(23)17(18)13-21(26)25-11-8-16-12-15(4-5-20(16)25)14-6-9-24-10-7-14/h1-7,9-10,12H,8,11,13H2. The lowest BCUT2D eigenvalue weighted by Crippen LogP contribution is -2.30. The van der Waals surface area contributed by atoms with Crippen molar-refractivity contribution in [3.8, 4) is 11.1 Å². The van der Waals surface area contributed by atoms with Gasteiger partial charge in [-0.25, -0.2) is 4.39 Å². The van der Waals surface area contributed by atoms with Crippen LogP contribution in [0, 0.1) is 5.82 Å². The van der Waals surface area contributed by atoms with E-state index in [1.54, 1.807) is 23.4 Å². The molecule has 4 rings (SSSR count). The summed E-state index contributed by atoms with van der Waals surface area (Å²) in [5, 5.41) is 0.283. The Kier molecular flexibility index (Phi) is 4.43. The van der Waals surface area contributed by atoms with Gasteiger partial charge in [0.15, 0.2) is 0 Å². The molecule has 1 aromatic heterocycles. The number of benzene rings is 2. The number of hydrogen-bond donors (Lipinski definition) is 0. The van der Waals surface area contributed by atoms with Gasteiger partial charge >= 0.3 is 0 Å². The van der Waals surface area contributed by atoms with Crippen molar-refractivity contribution in [3.05, 3.63) is 82.9 Å². The van der Waals surface area contributed by atoms with Crippen LogP contribution in [0.2, 0.25) is 5.02 Å². The van der Waals surface area contributed by atoms with Gasteiger partial charge in [0.25, 0.3) is 0 Å². The molecule has 3 aromatic rings. The molecule has 2 heterocycles. The number of nitrogens with zero attached hydrogens (tertiary/aromatic N) is 2. The predicted molar refractivity (Wildman–Crippen MR) is 101 cm³/mol. The quantitative estimate of drug-likeness (QED) is 0.674. The average Bonchev–Trinajstić information content (AvgIpc) is 3.09. The molecule has 1 aliphatic rings. The van der Waals surface area contributed by atoms with Crippen molar-refractivity contribution in [2.45, 2.75) is 12.8 Å². The first kappa shape index (κ1) is 16.7. The summed E-state index contributed by atoms with van der Waals surface area (Å²) < 4.78 is 14.0. The highest BCUT2D eigenvalue weighted by Gasteiger charge is 2.26. The fourth-order valence-electron chi connectivity index (χ4n) is 3.33. The molecule has 1 aliphatic heterocycles. The van der Waals surface area contributed by atoms with Crippen molar-refractivity contribution in [2.75, 3.05) is 11.4 Å². The van der Waals surface area contributed by atoms with Crippen molar-refractivity contribution >= 4 is 23.2 Å². The van der Waals surface area contributed by atoms with Crippen LogP contribution in [0.4, 0.5) is 10.1 Å². The number of halogens is 2. The van der Waals surface area contributed by atoms with Crippen molar-refractivity contribution in [2.24, 2.45) is 0 Å². The third-order valence-electron chi connectivity index (χ3n) is 4.68. The molecule has 1 amide bonds. The maximum Gasteiger partial charge on any atom is 0.231 e. The van der Waals surface area contributed by atoms with E-state index in [9.17, 15) is 9.18 Å². The van der Waals surface area contributed by atoms with E-state index in [1.165, 1.54) is 12.1 Å². The van der Waals surface area contributed by atoms with Crippen LogP contribution in [0.15, 0.2) is 60.9 Å². The number of fused-ring (bicyclic) bond motifs is 1. The number of anilines is 1. The lowest BCUT2D eigenvalue weighted by atomic mass is 10.0. The van der Waals surface area contributed by atoms with Gasteiger partial charge in [0.05, 0.1) is 6.42 Å². The van der Waals surface area contributed by atoms with Gasteiger partial charge in [-0.2, -0.15) is 0 Å². The van der Waals surface area contributed by atoms with Crippen LogP contribution in [-0.2, 0) is 17.6 Å². The van der Waals surface area contributed by atoms with Crippen LogP contribution >= 0.6 is 11.6 Å². The van der Waals surface area contributed by atoms with Gasteiger partial charge in [-0.3, -0.25) is 9.78 Å². The minimum Gasteiger partial charge on any atom is -0.312 e. The predicted octanol–water partition coefficient (Wildman–Crippen LogP) is 4.67. The summed E-state index contributed by atoms with van der Waals surface area (Å²) in [6, 6.07) is 14.4. The zero-order valence-electron chi connectivity index (χ0n) is 14.0. The number of amides is 1. The number of pyridine rings is 1. The van der Waals surface area contributed by atoms with Crippen LogP contribution in [0.1, 0.15) is 11.1 Å². The molecule has 5 heteroatoms. The minimum absolute atomic E-state index is 0.0446. The minimum atomic E-state index is -0.446. The summed E-state index contributed by atoms with van der Waals surface area (Å²) in [6.07, 6.45) is 4.26.